The average molecular weight is 350 g/mol. The van der Waals surface area contributed by atoms with Crippen molar-refractivity contribution in [2.45, 2.75) is 32.5 Å². The number of benzene rings is 2. The van der Waals surface area contributed by atoms with Crippen LogP contribution in [-0.4, -0.2) is 24.9 Å². The van der Waals surface area contributed by atoms with E-state index in [1.165, 1.54) is 0 Å². The van der Waals surface area contributed by atoms with Crippen LogP contribution in [0.2, 0.25) is 5.02 Å². The number of ether oxygens (including phenoxy) is 2. The van der Waals surface area contributed by atoms with Crippen LogP contribution in [0.3, 0.4) is 0 Å². The van der Waals surface area contributed by atoms with Crippen molar-refractivity contribution in [3.63, 3.8) is 0 Å². The molecule has 0 saturated carbocycles. The predicted octanol–water partition coefficient (Wildman–Crippen LogP) is 3.79. The summed E-state index contributed by atoms with van der Waals surface area (Å²) in [4.78, 5) is 0. The van der Waals surface area contributed by atoms with E-state index in [2.05, 4.69) is 5.32 Å². The Hall–Kier alpha value is -1.75. The van der Waals surface area contributed by atoms with Crippen LogP contribution >= 0.6 is 11.6 Å². The largest absolute Gasteiger partial charge is 0.493 e. The highest BCUT2D eigenvalue weighted by Crippen LogP contribution is 2.32. The molecule has 4 nitrogen and oxygen atoms in total. The van der Waals surface area contributed by atoms with E-state index in [9.17, 15) is 5.11 Å². The lowest BCUT2D eigenvalue weighted by molar-refractivity contribution is 0.236. The minimum atomic E-state index is 0.0697. The fraction of sp³-hybridized carbons (Fsp3) is 0.368. The van der Waals surface area contributed by atoms with Gasteiger partial charge in [-0.1, -0.05) is 42.8 Å². The van der Waals surface area contributed by atoms with E-state index >= 15 is 0 Å². The van der Waals surface area contributed by atoms with E-state index in [1.54, 1.807) is 7.11 Å². The molecular weight excluding hydrogens is 326 g/mol. The first-order chi connectivity index (χ1) is 11.7. The number of methoxy groups -OCH3 is 1. The molecule has 0 amide bonds. The van der Waals surface area contributed by atoms with Crippen LogP contribution < -0.4 is 14.8 Å². The molecule has 0 bridgehead atoms. The Labute approximate surface area is 148 Å². The van der Waals surface area contributed by atoms with Crippen molar-refractivity contribution >= 4 is 11.6 Å². The first kappa shape index (κ1) is 18.6. The van der Waals surface area contributed by atoms with E-state index in [-0.39, 0.29) is 12.6 Å². The van der Waals surface area contributed by atoms with Crippen LogP contribution in [0.15, 0.2) is 42.5 Å². The number of hydrogen-bond donors (Lipinski definition) is 2. The lowest BCUT2D eigenvalue weighted by Gasteiger charge is -2.18. The molecule has 2 rings (SSSR count). The fourth-order valence-electron chi connectivity index (χ4n) is 2.35. The summed E-state index contributed by atoms with van der Waals surface area (Å²) in [5.74, 6) is 1.41. The maximum atomic E-state index is 9.32. The summed E-state index contributed by atoms with van der Waals surface area (Å²) in [6.07, 6.45) is 0.863. The van der Waals surface area contributed by atoms with E-state index in [0.29, 0.717) is 23.9 Å². The third-order valence-corrected chi connectivity index (χ3v) is 4.12. The molecule has 24 heavy (non-hydrogen) atoms. The second-order valence-electron chi connectivity index (χ2n) is 5.53. The van der Waals surface area contributed by atoms with Gasteiger partial charge in [-0.2, -0.15) is 0 Å². The molecule has 0 unspecified atom stereocenters. The van der Waals surface area contributed by atoms with Crippen LogP contribution in [0.4, 0.5) is 0 Å². The number of rotatable bonds is 9. The smallest absolute Gasteiger partial charge is 0.166 e. The van der Waals surface area contributed by atoms with Crippen molar-refractivity contribution < 1.29 is 14.6 Å². The second-order valence-corrected chi connectivity index (χ2v) is 5.97. The molecule has 5 heteroatoms. The molecule has 2 aromatic rings. The van der Waals surface area contributed by atoms with Gasteiger partial charge in [0.2, 0.25) is 0 Å². The molecule has 0 aliphatic carbocycles. The van der Waals surface area contributed by atoms with Crippen molar-refractivity contribution in [1.82, 2.24) is 5.32 Å². The van der Waals surface area contributed by atoms with Crippen LogP contribution in [0.5, 0.6) is 11.5 Å². The second kappa shape index (κ2) is 9.52. The summed E-state index contributed by atoms with van der Waals surface area (Å²) in [6, 6.07) is 13.4. The zero-order chi connectivity index (χ0) is 17.4. The van der Waals surface area contributed by atoms with Crippen molar-refractivity contribution in [2.75, 3.05) is 13.7 Å². The standard InChI is InChI=1S/C19H24ClNO3/c1-3-17(12-22)21-11-15-5-4-6-18(23-2)19(15)24-13-14-7-9-16(20)10-8-14/h4-10,17,21-22H,3,11-13H2,1-2H3/t17-/m1/s1. The minimum absolute atomic E-state index is 0.0697. The molecule has 130 valence electrons. The fourth-order valence-corrected chi connectivity index (χ4v) is 2.48. The zero-order valence-electron chi connectivity index (χ0n) is 14.1. The van der Waals surface area contributed by atoms with Gasteiger partial charge in [-0.15, -0.1) is 0 Å². The predicted molar refractivity (Wildman–Crippen MR) is 96.8 cm³/mol. The molecular formula is C19H24ClNO3. The highest BCUT2D eigenvalue weighted by molar-refractivity contribution is 6.30. The van der Waals surface area contributed by atoms with Crippen LogP contribution in [0.1, 0.15) is 24.5 Å². The summed E-state index contributed by atoms with van der Waals surface area (Å²) in [7, 11) is 1.63. The van der Waals surface area contributed by atoms with Gasteiger partial charge in [0.25, 0.3) is 0 Å². The average Bonchev–Trinajstić information content (AvgIpc) is 2.62. The molecule has 2 aromatic carbocycles. The number of para-hydroxylation sites is 1. The lowest BCUT2D eigenvalue weighted by atomic mass is 10.1. The van der Waals surface area contributed by atoms with E-state index in [1.807, 2.05) is 49.4 Å². The molecule has 0 aliphatic rings. The normalized spacial score (nSPS) is 12.0. The van der Waals surface area contributed by atoms with Gasteiger partial charge in [-0.25, -0.2) is 0 Å². The summed E-state index contributed by atoms with van der Waals surface area (Å²) >= 11 is 5.91. The highest BCUT2D eigenvalue weighted by atomic mass is 35.5. The molecule has 0 spiro atoms. The highest BCUT2D eigenvalue weighted by Gasteiger charge is 2.12. The van der Waals surface area contributed by atoms with E-state index in [0.717, 1.165) is 23.3 Å². The van der Waals surface area contributed by atoms with Crippen LogP contribution in [0, 0.1) is 0 Å². The molecule has 0 heterocycles. The molecule has 0 fully saturated rings. The van der Waals surface area contributed by atoms with Crippen molar-refractivity contribution in [3.05, 3.63) is 58.6 Å². The van der Waals surface area contributed by atoms with Gasteiger partial charge in [0.15, 0.2) is 11.5 Å². The Morgan fingerprint density at radius 2 is 1.92 bits per heavy atom. The maximum Gasteiger partial charge on any atom is 0.166 e. The van der Waals surface area contributed by atoms with E-state index in [4.69, 9.17) is 21.1 Å². The first-order valence-corrected chi connectivity index (χ1v) is 8.43. The molecule has 0 aromatic heterocycles. The van der Waals surface area contributed by atoms with Crippen molar-refractivity contribution in [1.29, 1.82) is 0 Å². The van der Waals surface area contributed by atoms with Crippen molar-refractivity contribution in [3.8, 4) is 11.5 Å². The maximum absolute atomic E-state index is 9.32. The molecule has 2 N–H and O–H groups in total. The third kappa shape index (κ3) is 5.13. The van der Waals surface area contributed by atoms with Gasteiger partial charge in [0.05, 0.1) is 13.7 Å². The van der Waals surface area contributed by atoms with E-state index < -0.39 is 0 Å². The number of aliphatic hydroxyl groups is 1. The Morgan fingerprint density at radius 1 is 1.17 bits per heavy atom. The Morgan fingerprint density at radius 3 is 2.54 bits per heavy atom. The number of halogens is 1. The summed E-state index contributed by atoms with van der Waals surface area (Å²) in [5, 5.41) is 13.4. The lowest BCUT2D eigenvalue weighted by Crippen LogP contribution is -2.31. The van der Waals surface area contributed by atoms with Gasteiger partial charge >= 0.3 is 0 Å². The van der Waals surface area contributed by atoms with Gasteiger partial charge < -0.3 is 19.9 Å². The van der Waals surface area contributed by atoms with Gasteiger partial charge in [-0.3, -0.25) is 0 Å². The Bertz CT molecular complexity index is 627. The molecule has 0 saturated heterocycles. The van der Waals surface area contributed by atoms with Gasteiger partial charge in [0.1, 0.15) is 6.61 Å². The Balaban J connectivity index is 2.12. The summed E-state index contributed by atoms with van der Waals surface area (Å²) < 4.78 is 11.4. The monoisotopic (exact) mass is 349 g/mol. The Kier molecular flexibility index (Phi) is 7.37. The molecule has 0 radical (unpaired) electrons. The summed E-state index contributed by atoms with van der Waals surface area (Å²) in [6.45, 7) is 3.19. The van der Waals surface area contributed by atoms with Crippen molar-refractivity contribution in [2.24, 2.45) is 0 Å². The summed E-state index contributed by atoms with van der Waals surface area (Å²) in [5.41, 5.74) is 2.03. The number of hydrogen-bond acceptors (Lipinski definition) is 4. The van der Waals surface area contributed by atoms with Crippen LogP contribution in [-0.2, 0) is 13.2 Å². The quantitative estimate of drug-likeness (QED) is 0.723. The first-order valence-electron chi connectivity index (χ1n) is 8.05. The number of nitrogens with one attached hydrogen (secondary N) is 1. The minimum Gasteiger partial charge on any atom is -0.493 e. The van der Waals surface area contributed by atoms with Gasteiger partial charge in [-0.05, 0) is 30.2 Å². The third-order valence-electron chi connectivity index (χ3n) is 3.87. The zero-order valence-corrected chi connectivity index (χ0v) is 14.8. The number of aliphatic hydroxyl groups excluding tert-OH is 1. The molecule has 0 aliphatic heterocycles. The SMILES string of the molecule is CC[C@H](CO)NCc1cccc(OC)c1OCc1ccc(Cl)cc1. The van der Waals surface area contributed by atoms with Crippen LogP contribution in [0.25, 0.3) is 0 Å². The molecule has 1 atom stereocenters. The van der Waals surface area contributed by atoms with Gasteiger partial charge in [0, 0.05) is 23.2 Å². The topological polar surface area (TPSA) is 50.7 Å².